The molecule has 0 N–H and O–H groups in total. The van der Waals surface area contributed by atoms with Gasteiger partial charge >= 0.3 is 0 Å². The molecule has 0 bridgehead atoms. The molecule has 6 nitrogen and oxygen atoms in total. The van der Waals surface area contributed by atoms with Crippen LogP contribution in [0.2, 0.25) is 0 Å². The fraction of sp³-hybridized carbons (Fsp3) is 0.400. The van der Waals surface area contributed by atoms with Gasteiger partial charge in [0.1, 0.15) is 0 Å². The summed E-state index contributed by atoms with van der Waals surface area (Å²) in [6.45, 7) is 4.85. The molecular weight excluding hydrogens is 268 g/mol. The van der Waals surface area contributed by atoms with Gasteiger partial charge in [-0.25, -0.2) is 9.97 Å². The van der Waals surface area contributed by atoms with Crippen LogP contribution in [0.3, 0.4) is 0 Å². The molecule has 2 aromatic heterocycles. The predicted molar refractivity (Wildman–Crippen MR) is 78.2 cm³/mol. The van der Waals surface area contributed by atoms with Gasteiger partial charge in [0.15, 0.2) is 5.76 Å². The summed E-state index contributed by atoms with van der Waals surface area (Å²) in [5, 5.41) is 0. The molecule has 0 saturated carbocycles. The Labute approximate surface area is 123 Å². The van der Waals surface area contributed by atoms with E-state index >= 15 is 0 Å². The molecule has 0 aromatic carbocycles. The van der Waals surface area contributed by atoms with E-state index in [-0.39, 0.29) is 5.91 Å². The lowest BCUT2D eigenvalue weighted by atomic mass is 10.2. The number of furan rings is 1. The molecule has 1 aliphatic rings. The Balaban J connectivity index is 1.60. The number of carbonyl (C=O) groups excluding carboxylic acids is 1. The average molecular weight is 286 g/mol. The van der Waals surface area contributed by atoms with Crippen molar-refractivity contribution in [1.82, 2.24) is 14.9 Å². The lowest BCUT2D eigenvalue weighted by Crippen LogP contribution is -2.49. The molecule has 3 heterocycles. The summed E-state index contributed by atoms with van der Waals surface area (Å²) in [5.74, 6) is 1.08. The van der Waals surface area contributed by atoms with Gasteiger partial charge in [0.05, 0.1) is 6.26 Å². The van der Waals surface area contributed by atoms with Crippen molar-refractivity contribution in [1.29, 1.82) is 0 Å². The summed E-state index contributed by atoms with van der Waals surface area (Å²) in [6, 6.07) is 3.42. The van der Waals surface area contributed by atoms with E-state index in [2.05, 4.69) is 21.8 Å². The Bertz CT molecular complexity index is 587. The van der Waals surface area contributed by atoms with Crippen LogP contribution < -0.4 is 4.90 Å². The smallest absolute Gasteiger partial charge is 0.289 e. The fourth-order valence-electron chi connectivity index (χ4n) is 2.36. The zero-order valence-corrected chi connectivity index (χ0v) is 12.0. The average Bonchev–Trinajstić information content (AvgIpc) is 3.09. The van der Waals surface area contributed by atoms with Crippen LogP contribution in [0.5, 0.6) is 0 Å². The number of carbonyl (C=O) groups is 1. The molecule has 0 radical (unpaired) electrons. The maximum atomic E-state index is 12.2. The molecule has 0 atom stereocenters. The Morgan fingerprint density at radius 2 is 1.95 bits per heavy atom. The molecule has 110 valence electrons. The Morgan fingerprint density at radius 3 is 2.52 bits per heavy atom. The van der Waals surface area contributed by atoms with Crippen molar-refractivity contribution >= 4 is 11.9 Å². The van der Waals surface area contributed by atoms with Crippen molar-refractivity contribution in [3.63, 3.8) is 0 Å². The van der Waals surface area contributed by atoms with Crippen molar-refractivity contribution in [2.75, 3.05) is 31.1 Å². The van der Waals surface area contributed by atoms with Crippen LogP contribution in [-0.2, 0) is 6.42 Å². The van der Waals surface area contributed by atoms with Crippen LogP contribution in [-0.4, -0.2) is 47.0 Å². The zero-order valence-electron chi connectivity index (χ0n) is 12.0. The quantitative estimate of drug-likeness (QED) is 0.857. The van der Waals surface area contributed by atoms with E-state index in [0.29, 0.717) is 18.8 Å². The minimum atomic E-state index is -0.0538. The van der Waals surface area contributed by atoms with Crippen molar-refractivity contribution in [3.8, 4) is 0 Å². The minimum absolute atomic E-state index is 0.0538. The van der Waals surface area contributed by atoms with Crippen molar-refractivity contribution in [2.24, 2.45) is 0 Å². The number of nitrogens with zero attached hydrogens (tertiary/aromatic N) is 4. The SMILES string of the molecule is CCc1cnc(N2CCN(C(=O)c3ccco3)CC2)nc1. The van der Waals surface area contributed by atoms with Crippen molar-refractivity contribution < 1.29 is 9.21 Å². The second-order valence-corrected chi connectivity index (χ2v) is 5.00. The van der Waals surface area contributed by atoms with Gasteiger partial charge in [-0.2, -0.15) is 0 Å². The molecule has 1 fully saturated rings. The van der Waals surface area contributed by atoms with E-state index in [1.54, 1.807) is 17.0 Å². The summed E-state index contributed by atoms with van der Waals surface area (Å²) >= 11 is 0. The Kier molecular flexibility index (Phi) is 3.85. The summed E-state index contributed by atoms with van der Waals surface area (Å²) in [4.78, 5) is 24.8. The van der Waals surface area contributed by atoms with Gasteiger partial charge in [-0.1, -0.05) is 6.92 Å². The summed E-state index contributed by atoms with van der Waals surface area (Å²) in [5.41, 5.74) is 1.13. The molecule has 0 aliphatic carbocycles. The van der Waals surface area contributed by atoms with Gasteiger partial charge in [0.25, 0.3) is 5.91 Å². The molecule has 1 aliphatic heterocycles. The monoisotopic (exact) mass is 286 g/mol. The normalized spacial score (nSPS) is 15.3. The van der Waals surface area contributed by atoms with E-state index in [4.69, 9.17) is 4.42 Å². The first kappa shape index (κ1) is 13.6. The van der Waals surface area contributed by atoms with Crippen LogP contribution in [0.1, 0.15) is 23.0 Å². The molecule has 0 spiro atoms. The third-order valence-corrected chi connectivity index (χ3v) is 3.68. The highest BCUT2D eigenvalue weighted by Crippen LogP contribution is 2.13. The molecule has 1 amide bonds. The summed E-state index contributed by atoms with van der Waals surface area (Å²) in [6.07, 6.45) is 6.18. The molecule has 21 heavy (non-hydrogen) atoms. The standard InChI is InChI=1S/C15H18N4O2/c1-2-12-10-16-15(17-11-12)19-7-5-18(6-8-19)14(20)13-4-3-9-21-13/h3-4,9-11H,2,5-8H2,1H3. The number of amides is 1. The number of rotatable bonds is 3. The lowest BCUT2D eigenvalue weighted by molar-refractivity contribution is 0.0714. The van der Waals surface area contributed by atoms with Crippen LogP contribution in [0.4, 0.5) is 5.95 Å². The third-order valence-electron chi connectivity index (χ3n) is 3.68. The molecule has 3 rings (SSSR count). The highest BCUT2D eigenvalue weighted by atomic mass is 16.3. The Hall–Kier alpha value is -2.37. The van der Waals surface area contributed by atoms with Crippen LogP contribution >= 0.6 is 0 Å². The first-order chi connectivity index (χ1) is 10.3. The maximum Gasteiger partial charge on any atom is 0.289 e. The van der Waals surface area contributed by atoms with Crippen molar-refractivity contribution in [2.45, 2.75) is 13.3 Å². The lowest BCUT2D eigenvalue weighted by Gasteiger charge is -2.34. The van der Waals surface area contributed by atoms with Gasteiger partial charge in [0.2, 0.25) is 5.95 Å². The van der Waals surface area contributed by atoms with E-state index in [9.17, 15) is 4.79 Å². The van der Waals surface area contributed by atoms with Gasteiger partial charge < -0.3 is 14.2 Å². The van der Waals surface area contributed by atoms with Crippen LogP contribution in [0.25, 0.3) is 0 Å². The highest BCUT2D eigenvalue weighted by molar-refractivity contribution is 5.91. The number of anilines is 1. The first-order valence-electron chi connectivity index (χ1n) is 7.16. The van der Waals surface area contributed by atoms with Crippen LogP contribution in [0.15, 0.2) is 35.2 Å². The van der Waals surface area contributed by atoms with E-state index < -0.39 is 0 Å². The van der Waals surface area contributed by atoms with Crippen molar-refractivity contribution in [3.05, 3.63) is 42.1 Å². The highest BCUT2D eigenvalue weighted by Gasteiger charge is 2.24. The number of piperazine rings is 1. The second-order valence-electron chi connectivity index (χ2n) is 5.00. The Morgan fingerprint density at radius 1 is 1.24 bits per heavy atom. The van der Waals surface area contributed by atoms with Gasteiger partial charge in [-0.3, -0.25) is 4.79 Å². The number of aromatic nitrogens is 2. The molecule has 2 aromatic rings. The molecule has 1 saturated heterocycles. The van der Waals surface area contributed by atoms with E-state index in [1.165, 1.54) is 6.26 Å². The second kappa shape index (κ2) is 5.95. The molecule has 0 unspecified atom stereocenters. The minimum Gasteiger partial charge on any atom is -0.459 e. The predicted octanol–water partition coefficient (Wildman–Crippen LogP) is 1.59. The third kappa shape index (κ3) is 2.89. The van der Waals surface area contributed by atoms with E-state index in [0.717, 1.165) is 31.0 Å². The summed E-state index contributed by atoms with van der Waals surface area (Å²) in [7, 11) is 0. The largest absolute Gasteiger partial charge is 0.459 e. The van der Waals surface area contributed by atoms with Gasteiger partial charge in [-0.05, 0) is 24.1 Å². The summed E-state index contributed by atoms with van der Waals surface area (Å²) < 4.78 is 5.16. The number of hydrogen-bond donors (Lipinski definition) is 0. The molecule has 6 heteroatoms. The fourth-order valence-corrected chi connectivity index (χ4v) is 2.36. The van der Waals surface area contributed by atoms with Crippen LogP contribution in [0, 0.1) is 0 Å². The number of hydrogen-bond acceptors (Lipinski definition) is 5. The maximum absolute atomic E-state index is 12.2. The molecular formula is C15H18N4O2. The van der Waals surface area contributed by atoms with Gasteiger partial charge in [0, 0.05) is 38.6 Å². The first-order valence-corrected chi connectivity index (χ1v) is 7.16. The van der Waals surface area contributed by atoms with E-state index in [1.807, 2.05) is 12.4 Å². The zero-order chi connectivity index (χ0) is 14.7. The topological polar surface area (TPSA) is 62.5 Å². The van der Waals surface area contributed by atoms with Gasteiger partial charge in [-0.15, -0.1) is 0 Å². The number of aryl methyl sites for hydroxylation is 1.